The summed E-state index contributed by atoms with van der Waals surface area (Å²) in [5, 5.41) is 10.1. The Morgan fingerprint density at radius 3 is 2.81 bits per heavy atom. The molecule has 2 aromatic rings. The molecule has 0 saturated carbocycles. The van der Waals surface area contributed by atoms with Crippen molar-refractivity contribution in [3.05, 3.63) is 59.2 Å². The summed E-state index contributed by atoms with van der Waals surface area (Å²) in [7, 11) is 0. The molecule has 1 aliphatic rings. The SMILES string of the molecule is Cc1ccc(C)c(OCC(=O)N(Cc2ccccc2O)CC2CCCO2)c1. The molecule has 0 bridgehead atoms. The second kappa shape index (κ2) is 8.91. The van der Waals surface area contributed by atoms with Gasteiger partial charge in [-0.3, -0.25) is 4.79 Å². The zero-order valence-electron chi connectivity index (χ0n) is 16.0. The summed E-state index contributed by atoms with van der Waals surface area (Å²) in [6.07, 6.45) is 2.01. The maximum atomic E-state index is 12.9. The van der Waals surface area contributed by atoms with Crippen molar-refractivity contribution in [1.29, 1.82) is 0 Å². The number of phenolic OH excluding ortho intramolecular Hbond substituents is 1. The van der Waals surface area contributed by atoms with Crippen LogP contribution in [0.2, 0.25) is 0 Å². The van der Waals surface area contributed by atoms with Gasteiger partial charge in [0.25, 0.3) is 5.91 Å². The summed E-state index contributed by atoms with van der Waals surface area (Å²) in [4.78, 5) is 14.6. The van der Waals surface area contributed by atoms with E-state index in [1.165, 1.54) is 0 Å². The highest BCUT2D eigenvalue weighted by Crippen LogP contribution is 2.22. The van der Waals surface area contributed by atoms with Gasteiger partial charge in [-0.15, -0.1) is 0 Å². The third-order valence-electron chi connectivity index (χ3n) is 4.85. The summed E-state index contributed by atoms with van der Waals surface area (Å²) in [5.74, 6) is 0.802. The number of amides is 1. The van der Waals surface area contributed by atoms with Crippen LogP contribution in [0.1, 0.15) is 29.5 Å². The third-order valence-corrected chi connectivity index (χ3v) is 4.85. The number of phenols is 1. The van der Waals surface area contributed by atoms with Gasteiger partial charge in [0.05, 0.1) is 6.10 Å². The molecule has 1 atom stereocenters. The van der Waals surface area contributed by atoms with Crippen LogP contribution in [-0.2, 0) is 16.1 Å². The highest BCUT2D eigenvalue weighted by atomic mass is 16.5. The number of carbonyl (C=O) groups excluding carboxylic acids is 1. The van der Waals surface area contributed by atoms with E-state index in [0.717, 1.165) is 41.9 Å². The molecule has 3 rings (SSSR count). The number of carbonyl (C=O) groups is 1. The van der Waals surface area contributed by atoms with E-state index in [1.807, 2.05) is 44.2 Å². The van der Waals surface area contributed by atoms with Crippen molar-refractivity contribution >= 4 is 5.91 Å². The average Bonchev–Trinajstić information content (AvgIpc) is 3.16. The van der Waals surface area contributed by atoms with Crippen LogP contribution in [0.25, 0.3) is 0 Å². The van der Waals surface area contributed by atoms with Crippen molar-refractivity contribution in [3.8, 4) is 11.5 Å². The van der Waals surface area contributed by atoms with Crippen molar-refractivity contribution in [2.75, 3.05) is 19.8 Å². The maximum absolute atomic E-state index is 12.9. The van der Waals surface area contributed by atoms with E-state index in [-0.39, 0.29) is 24.4 Å². The predicted octanol–water partition coefficient (Wildman–Crippen LogP) is 3.60. The Balaban J connectivity index is 1.69. The van der Waals surface area contributed by atoms with Crippen molar-refractivity contribution in [2.24, 2.45) is 0 Å². The van der Waals surface area contributed by atoms with Gasteiger partial charge in [-0.25, -0.2) is 0 Å². The zero-order valence-corrected chi connectivity index (χ0v) is 16.0. The maximum Gasteiger partial charge on any atom is 0.260 e. The van der Waals surface area contributed by atoms with E-state index in [1.54, 1.807) is 17.0 Å². The molecule has 1 saturated heterocycles. The number of benzene rings is 2. The lowest BCUT2D eigenvalue weighted by Gasteiger charge is -2.26. The van der Waals surface area contributed by atoms with Gasteiger partial charge in [0.1, 0.15) is 11.5 Å². The molecule has 5 heteroatoms. The molecule has 1 heterocycles. The highest BCUT2D eigenvalue weighted by molar-refractivity contribution is 5.78. The Labute approximate surface area is 160 Å². The number of aryl methyl sites for hydroxylation is 2. The minimum Gasteiger partial charge on any atom is -0.508 e. The molecule has 5 nitrogen and oxygen atoms in total. The third kappa shape index (κ3) is 5.23. The lowest BCUT2D eigenvalue weighted by molar-refractivity contribution is -0.135. The first kappa shape index (κ1) is 19.2. The van der Waals surface area contributed by atoms with E-state index in [4.69, 9.17) is 9.47 Å². The Bertz CT molecular complexity index is 784. The van der Waals surface area contributed by atoms with Crippen molar-refractivity contribution < 1.29 is 19.4 Å². The normalized spacial score (nSPS) is 16.3. The standard InChI is InChI=1S/C22H27NO4/c1-16-9-10-17(2)21(12-16)27-15-22(25)23(14-19-7-5-11-26-19)13-18-6-3-4-8-20(18)24/h3-4,6,8-10,12,19,24H,5,7,11,13-15H2,1-2H3. The van der Waals surface area contributed by atoms with Crippen molar-refractivity contribution in [1.82, 2.24) is 4.90 Å². The summed E-state index contributed by atoms with van der Waals surface area (Å²) in [6, 6.07) is 13.0. The molecular weight excluding hydrogens is 342 g/mol. The fourth-order valence-electron chi connectivity index (χ4n) is 3.23. The quantitative estimate of drug-likeness (QED) is 0.810. The highest BCUT2D eigenvalue weighted by Gasteiger charge is 2.24. The van der Waals surface area contributed by atoms with E-state index < -0.39 is 0 Å². The zero-order chi connectivity index (χ0) is 19.2. The number of rotatable bonds is 7. The van der Waals surface area contributed by atoms with E-state index in [2.05, 4.69) is 0 Å². The van der Waals surface area contributed by atoms with Crippen LogP contribution in [0.3, 0.4) is 0 Å². The Kier molecular flexibility index (Phi) is 6.35. The van der Waals surface area contributed by atoms with Crippen LogP contribution < -0.4 is 4.74 Å². The largest absolute Gasteiger partial charge is 0.508 e. The minimum absolute atomic E-state index is 0.0371. The topological polar surface area (TPSA) is 59.0 Å². The first-order valence-corrected chi connectivity index (χ1v) is 9.39. The number of aromatic hydroxyl groups is 1. The molecule has 1 N–H and O–H groups in total. The molecule has 0 aliphatic carbocycles. The van der Waals surface area contributed by atoms with Crippen LogP contribution in [0.4, 0.5) is 0 Å². The van der Waals surface area contributed by atoms with E-state index in [0.29, 0.717) is 13.1 Å². The van der Waals surface area contributed by atoms with Crippen LogP contribution in [-0.4, -0.2) is 41.8 Å². The Morgan fingerprint density at radius 1 is 1.26 bits per heavy atom. The summed E-state index contributed by atoms with van der Waals surface area (Å²) < 4.78 is 11.5. The summed E-state index contributed by atoms with van der Waals surface area (Å²) >= 11 is 0. The lowest BCUT2D eigenvalue weighted by Crippen LogP contribution is -2.39. The Morgan fingerprint density at radius 2 is 2.07 bits per heavy atom. The van der Waals surface area contributed by atoms with Gasteiger partial charge in [0.15, 0.2) is 6.61 Å². The minimum atomic E-state index is -0.116. The number of ether oxygens (including phenoxy) is 2. The molecule has 0 spiro atoms. The van der Waals surface area contributed by atoms with Gasteiger partial charge in [-0.2, -0.15) is 0 Å². The monoisotopic (exact) mass is 369 g/mol. The van der Waals surface area contributed by atoms with Crippen molar-refractivity contribution in [2.45, 2.75) is 39.3 Å². The number of nitrogens with zero attached hydrogens (tertiary/aromatic N) is 1. The molecule has 1 unspecified atom stereocenters. The van der Waals surface area contributed by atoms with E-state index in [9.17, 15) is 9.90 Å². The van der Waals surface area contributed by atoms with Gasteiger partial charge in [-0.05, 0) is 49.9 Å². The first-order chi connectivity index (χ1) is 13.0. The fraction of sp³-hybridized carbons (Fsp3) is 0.409. The first-order valence-electron chi connectivity index (χ1n) is 9.39. The van der Waals surface area contributed by atoms with Crippen LogP contribution in [0, 0.1) is 13.8 Å². The smallest absolute Gasteiger partial charge is 0.260 e. The van der Waals surface area contributed by atoms with Crippen LogP contribution in [0.5, 0.6) is 11.5 Å². The molecule has 0 radical (unpaired) electrons. The molecule has 0 aromatic heterocycles. The molecular formula is C22H27NO4. The lowest BCUT2D eigenvalue weighted by atomic mass is 10.1. The van der Waals surface area contributed by atoms with Crippen LogP contribution >= 0.6 is 0 Å². The molecule has 1 aliphatic heterocycles. The molecule has 1 fully saturated rings. The van der Waals surface area contributed by atoms with Gasteiger partial charge in [0, 0.05) is 25.3 Å². The van der Waals surface area contributed by atoms with Gasteiger partial charge >= 0.3 is 0 Å². The van der Waals surface area contributed by atoms with E-state index >= 15 is 0 Å². The molecule has 27 heavy (non-hydrogen) atoms. The predicted molar refractivity (Wildman–Crippen MR) is 104 cm³/mol. The number of para-hydroxylation sites is 1. The fourth-order valence-corrected chi connectivity index (χ4v) is 3.23. The van der Waals surface area contributed by atoms with Gasteiger partial charge < -0.3 is 19.5 Å². The molecule has 2 aromatic carbocycles. The molecule has 1 amide bonds. The van der Waals surface area contributed by atoms with Gasteiger partial charge in [0.2, 0.25) is 0 Å². The van der Waals surface area contributed by atoms with Gasteiger partial charge in [-0.1, -0.05) is 30.3 Å². The second-order valence-electron chi connectivity index (χ2n) is 7.10. The molecule has 144 valence electrons. The second-order valence-corrected chi connectivity index (χ2v) is 7.10. The average molecular weight is 369 g/mol. The summed E-state index contributed by atoms with van der Waals surface area (Å²) in [6.45, 7) is 5.50. The Hall–Kier alpha value is -2.53. The number of hydrogen-bond acceptors (Lipinski definition) is 4. The summed E-state index contributed by atoms with van der Waals surface area (Å²) in [5.41, 5.74) is 2.81. The van der Waals surface area contributed by atoms with Crippen LogP contribution in [0.15, 0.2) is 42.5 Å². The number of hydrogen-bond donors (Lipinski definition) is 1. The van der Waals surface area contributed by atoms with Crippen molar-refractivity contribution in [3.63, 3.8) is 0 Å².